The first-order valence-electron chi connectivity index (χ1n) is 5.47. The zero-order chi connectivity index (χ0) is 14.7. The lowest BCUT2D eigenvalue weighted by Crippen LogP contribution is -2.14. The first-order chi connectivity index (χ1) is 9.51. The molecule has 0 aliphatic rings. The molecule has 0 fully saturated rings. The fourth-order valence-corrected chi connectivity index (χ4v) is 2.10. The van der Waals surface area contributed by atoms with Gasteiger partial charge in [0.05, 0.1) is 16.8 Å². The van der Waals surface area contributed by atoms with E-state index in [0.29, 0.717) is 10.2 Å². The minimum absolute atomic E-state index is 0.140. The molecule has 20 heavy (non-hydrogen) atoms. The van der Waals surface area contributed by atoms with Gasteiger partial charge in [-0.2, -0.15) is 5.26 Å². The summed E-state index contributed by atoms with van der Waals surface area (Å²) < 4.78 is 14.3. The second-order valence-corrected chi connectivity index (χ2v) is 5.23. The van der Waals surface area contributed by atoms with Gasteiger partial charge in [-0.3, -0.25) is 4.79 Å². The van der Waals surface area contributed by atoms with E-state index in [1.807, 2.05) is 6.07 Å². The van der Waals surface area contributed by atoms with Crippen LogP contribution in [0.4, 0.5) is 10.1 Å². The predicted molar refractivity (Wildman–Crippen MR) is 78.2 cm³/mol. The van der Waals surface area contributed by atoms with Gasteiger partial charge in [0.15, 0.2) is 0 Å². The molecule has 0 aromatic heterocycles. The van der Waals surface area contributed by atoms with Crippen molar-refractivity contribution in [3.63, 3.8) is 0 Å². The molecule has 0 aliphatic carbocycles. The van der Waals surface area contributed by atoms with Crippen LogP contribution in [0.2, 0.25) is 5.02 Å². The third-order valence-electron chi connectivity index (χ3n) is 2.53. The molecule has 6 heteroatoms. The third-order valence-corrected chi connectivity index (χ3v) is 3.25. The normalized spacial score (nSPS) is 9.90. The molecular formula is C14H7BrClFN2O. The monoisotopic (exact) mass is 352 g/mol. The summed E-state index contributed by atoms with van der Waals surface area (Å²) in [5.41, 5.74) is 0.454. The number of carbonyl (C=O) groups is 1. The van der Waals surface area contributed by atoms with Crippen LogP contribution < -0.4 is 5.32 Å². The average molecular weight is 354 g/mol. The van der Waals surface area contributed by atoms with Crippen molar-refractivity contribution in [2.45, 2.75) is 0 Å². The minimum Gasteiger partial charge on any atom is -0.321 e. The topological polar surface area (TPSA) is 52.9 Å². The SMILES string of the molecule is N#Cc1ccc(Br)cc1NC(=O)c1ccc(Cl)cc1F. The Morgan fingerprint density at radius 2 is 2.05 bits per heavy atom. The summed E-state index contributed by atoms with van der Waals surface area (Å²) in [6.07, 6.45) is 0. The molecule has 0 radical (unpaired) electrons. The number of nitrogens with zero attached hydrogens (tertiary/aromatic N) is 1. The van der Waals surface area contributed by atoms with Crippen LogP contribution in [0.3, 0.4) is 0 Å². The molecule has 0 spiro atoms. The smallest absolute Gasteiger partial charge is 0.258 e. The van der Waals surface area contributed by atoms with Gasteiger partial charge in [0, 0.05) is 9.50 Å². The first kappa shape index (κ1) is 14.5. The van der Waals surface area contributed by atoms with Gasteiger partial charge in [-0.25, -0.2) is 4.39 Å². The maximum Gasteiger partial charge on any atom is 0.258 e. The van der Waals surface area contributed by atoms with Crippen molar-refractivity contribution < 1.29 is 9.18 Å². The second kappa shape index (κ2) is 6.04. The molecule has 100 valence electrons. The molecule has 0 heterocycles. The van der Waals surface area contributed by atoms with Crippen LogP contribution in [0.15, 0.2) is 40.9 Å². The molecule has 0 aliphatic heterocycles. The Balaban J connectivity index is 2.33. The Kier molecular flexibility index (Phi) is 4.38. The van der Waals surface area contributed by atoms with Crippen LogP contribution >= 0.6 is 27.5 Å². The Labute approximate surface area is 128 Å². The summed E-state index contributed by atoms with van der Waals surface area (Å²) >= 11 is 8.87. The van der Waals surface area contributed by atoms with Crippen molar-refractivity contribution in [1.29, 1.82) is 5.26 Å². The van der Waals surface area contributed by atoms with E-state index in [2.05, 4.69) is 21.2 Å². The quantitative estimate of drug-likeness (QED) is 0.872. The van der Waals surface area contributed by atoms with E-state index in [0.717, 1.165) is 6.07 Å². The van der Waals surface area contributed by atoms with E-state index in [1.54, 1.807) is 18.2 Å². The number of rotatable bonds is 2. The fourth-order valence-electron chi connectivity index (χ4n) is 1.58. The summed E-state index contributed by atoms with van der Waals surface area (Å²) in [4.78, 5) is 12.0. The zero-order valence-corrected chi connectivity index (χ0v) is 12.3. The van der Waals surface area contributed by atoms with Gasteiger partial charge < -0.3 is 5.32 Å². The lowest BCUT2D eigenvalue weighted by Gasteiger charge is -2.08. The molecule has 2 aromatic carbocycles. The van der Waals surface area contributed by atoms with Gasteiger partial charge in [-0.1, -0.05) is 27.5 Å². The van der Waals surface area contributed by atoms with Crippen LogP contribution in [0.5, 0.6) is 0 Å². The molecule has 0 saturated carbocycles. The van der Waals surface area contributed by atoms with E-state index < -0.39 is 11.7 Å². The highest BCUT2D eigenvalue weighted by Crippen LogP contribution is 2.22. The predicted octanol–water partition coefficient (Wildman–Crippen LogP) is 4.37. The maximum atomic E-state index is 13.6. The van der Waals surface area contributed by atoms with Gasteiger partial charge >= 0.3 is 0 Å². The summed E-state index contributed by atoms with van der Waals surface area (Å²) in [6.45, 7) is 0. The second-order valence-electron chi connectivity index (χ2n) is 3.88. The Bertz CT molecular complexity index is 728. The molecule has 1 N–H and O–H groups in total. The Hall–Kier alpha value is -1.90. The van der Waals surface area contributed by atoms with Gasteiger partial charge in [0.25, 0.3) is 5.91 Å². The Morgan fingerprint density at radius 1 is 1.30 bits per heavy atom. The van der Waals surface area contributed by atoms with Gasteiger partial charge in [-0.05, 0) is 36.4 Å². The molecule has 0 bridgehead atoms. The summed E-state index contributed by atoms with van der Waals surface area (Å²) in [7, 11) is 0. The molecular weight excluding hydrogens is 347 g/mol. The van der Waals surface area contributed by atoms with Crippen LogP contribution in [-0.2, 0) is 0 Å². The number of nitrogens with one attached hydrogen (secondary N) is 1. The number of carbonyl (C=O) groups excluding carboxylic acids is 1. The standard InChI is InChI=1S/C14H7BrClFN2O/c15-9-2-1-8(7-18)13(5-9)19-14(20)11-4-3-10(16)6-12(11)17/h1-6H,(H,19,20). The average Bonchev–Trinajstić information content (AvgIpc) is 2.38. The van der Waals surface area contributed by atoms with E-state index in [4.69, 9.17) is 16.9 Å². The maximum absolute atomic E-state index is 13.6. The lowest BCUT2D eigenvalue weighted by molar-refractivity contribution is 0.102. The van der Waals surface area contributed by atoms with Crippen LogP contribution in [-0.4, -0.2) is 5.91 Å². The van der Waals surface area contributed by atoms with Gasteiger partial charge in [-0.15, -0.1) is 0 Å². The molecule has 2 rings (SSSR count). The molecule has 3 nitrogen and oxygen atoms in total. The van der Waals surface area contributed by atoms with Crippen LogP contribution in [0.25, 0.3) is 0 Å². The number of anilines is 1. The number of amides is 1. The summed E-state index contributed by atoms with van der Waals surface area (Å²) in [6, 6.07) is 10.5. The lowest BCUT2D eigenvalue weighted by atomic mass is 10.1. The molecule has 0 saturated heterocycles. The number of nitriles is 1. The van der Waals surface area contributed by atoms with Crippen molar-refractivity contribution in [3.05, 3.63) is 62.8 Å². The van der Waals surface area contributed by atoms with Crippen LogP contribution in [0, 0.1) is 17.1 Å². The highest BCUT2D eigenvalue weighted by Gasteiger charge is 2.14. The van der Waals surface area contributed by atoms with E-state index >= 15 is 0 Å². The van der Waals surface area contributed by atoms with Crippen molar-refractivity contribution in [2.24, 2.45) is 0 Å². The van der Waals surface area contributed by atoms with Crippen molar-refractivity contribution in [2.75, 3.05) is 5.32 Å². The van der Waals surface area contributed by atoms with Gasteiger partial charge in [0.2, 0.25) is 0 Å². The first-order valence-corrected chi connectivity index (χ1v) is 6.64. The van der Waals surface area contributed by atoms with Crippen LogP contribution in [0.1, 0.15) is 15.9 Å². The number of hydrogen-bond donors (Lipinski definition) is 1. The minimum atomic E-state index is -0.719. The summed E-state index contributed by atoms with van der Waals surface area (Å²) in [5.74, 6) is -1.36. The van der Waals surface area contributed by atoms with E-state index in [9.17, 15) is 9.18 Å². The fraction of sp³-hybridized carbons (Fsp3) is 0. The molecule has 2 aromatic rings. The number of benzene rings is 2. The van der Waals surface area contributed by atoms with E-state index in [-0.39, 0.29) is 16.1 Å². The number of halogens is 3. The zero-order valence-electron chi connectivity index (χ0n) is 9.95. The molecule has 0 unspecified atom stereocenters. The van der Waals surface area contributed by atoms with Gasteiger partial charge in [0.1, 0.15) is 11.9 Å². The van der Waals surface area contributed by atoms with Crippen molar-refractivity contribution in [1.82, 2.24) is 0 Å². The molecule has 1 amide bonds. The highest BCUT2D eigenvalue weighted by atomic mass is 79.9. The van der Waals surface area contributed by atoms with E-state index in [1.165, 1.54) is 12.1 Å². The van der Waals surface area contributed by atoms with Crippen molar-refractivity contribution in [3.8, 4) is 6.07 Å². The summed E-state index contributed by atoms with van der Waals surface area (Å²) in [5, 5.41) is 11.7. The number of hydrogen-bond acceptors (Lipinski definition) is 2. The molecule has 0 atom stereocenters. The third kappa shape index (κ3) is 3.16. The van der Waals surface area contributed by atoms with Crippen molar-refractivity contribution >= 4 is 39.1 Å². The Morgan fingerprint density at radius 3 is 2.70 bits per heavy atom. The largest absolute Gasteiger partial charge is 0.321 e. The highest BCUT2D eigenvalue weighted by molar-refractivity contribution is 9.10.